The molecule has 0 saturated carbocycles. The molecule has 0 aromatic rings. The van der Waals surface area contributed by atoms with E-state index >= 15 is 0 Å². The monoisotopic (exact) mass is 392 g/mol. The third-order valence-electron chi connectivity index (χ3n) is 2.35. The van der Waals surface area contributed by atoms with E-state index < -0.39 is 10.4 Å². The summed E-state index contributed by atoms with van der Waals surface area (Å²) >= 11 is 0. The number of rotatable bonds is 9. The Morgan fingerprint density at radius 1 is 0.850 bits per heavy atom. The first-order valence-corrected chi connectivity index (χ1v) is 7.71. The minimum atomic E-state index is -5.17. The summed E-state index contributed by atoms with van der Waals surface area (Å²) < 4.78 is 34.1. The second kappa shape index (κ2) is 26.6. The average Bonchev–Trinajstić information content (AvgIpc) is 2.20. The molecule has 0 radical (unpaired) electrons. The summed E-state index contributed by atoms with van der Waals surface area (Å²) in [4.78, 5) is 0. The van der Waals surface area contributed by atoms with Crippen LogP contribution in [0.1, 0.15) is 71.1 Å². The molecule has 108 valence electrons. The van der Waals surface area contributed by atoms with E-state index in [2.05, 4.69) is 13.8 Å². The van der Waals surface area contributed by atoms with Crippen molar-refractivity contribution in [1.82, 2.24) is 0 Å². The van der Waals surface area contributed by atoms with Gasteiger partial charge in [-0.3, -0.25) is 8.42 Å². The molecule has 0 saturated heterocycles. The van der Waals surface area contributed by atoms with E-state index in [1.807, 2.05) is 0 Å². The van der Waals surface area contributed by atoms with Crippen LogP contribution in [-0.2, 0) is 29.9 Å². The standard InChI is InChI=1S/C12H25.Ca.Na.H2O4S.Zn/c1-3-5-7-9-11-12-10-8-6-4-2;;;1-5(2,3)4;/h1,3-12H2,2H3;;;(H2,1,2,3,4);/q-1;+2;+1;;/p-2. The molecule has 0 aliphatic rings. The van der Waals surface area contributed by atoms with Gasteiger partial charge in [-0.1, -0.05) is 64.7 Å². The topological polar surface area (TPSA) is 80.3 Å². The first kappa shape index (κ1) is 34.2. The molecule has 0 rings (SSSR count). The number of hydrogen-bond acceptors (Lipinski definition) is 4. The average molecular weight is 394 g/mol. The Morgan fingerprint density at radius 3 is 1.35 bits per heavy atom. The Balaban J connectivity index is -0.0000000821. The molecule has 0 unspecified atom stereocenters. The normalized spacial score (nSPS) is 9.20. The molecule has 0 aliphatic carbocycles. The zero-order valence-corrected chi connectivity index (χ0v) is 21.2. The molecule has 0 amide bonds. The van der Waals surface area contributed by atoms with Crippen molar-refractivity contribution < 1.29 is 66.6 Å². The Kier molecular flexibility index (Phi) is 45.5. The van der Waals surface area contributed by atoms with Crippen LogP contribution in [0.2, 0.25) is 0 Å². The molecular formula is C12H25CaNaO4SZn. The minimum Gasteiger partial charge on any atom is -0.759 e. The van der Waals surface area contributed by atoms with Crippen molar-refractivity contribution in [3.63, 3.8) is 0 Å². The molecule has 0 aliphatic heterocycles. The minimum absolute atomic E-state index is 0. The van der Waals surface area contributed by atoms with Crippen molar-refractivity contribution in [2.24, 2.45) is 0 Å². The fraction of sp³-hybridized carbons (Fsp3) is 0.917. The van der Waals surface area contributed by atoms with E-state index in [-0.39, 0.29) is 86.8 Å². The second-order valence-corrected chi connectivity index (χ2v) is 4.91. The van der Waals surface area contributed by atoms with Crippen molar-refractivity contribution in [3.05, 3.63) is 6.92 Å². The van der Waals surface area contributed by atoms with E-state index in [4.69, 9.17) is 17.5 Å². The first-order chi connectivity index (χ1) is 7.91. The molecule has 4 nitrogen and oxygen atoms in total. The van der Waals surface area contributed by atoms with Gasteiger partial charge in [-0.15, -0.1) is 0 Å². The van der Waals surface area contributed by atoms with Gasteiger partial charge in [-0.25, -0.2) is 0 Å². The van der Waals surface area contributed by atoms with E-state index in [0.717, 1.165) is 6.42 Å². The van der Waals surface area contributed by atoms with Crippen LogP contribution >= 0.6 is 0 Å². The largest absolute Gasteiger partial charge is 2.00 e. The maximum absolute atomic E-state index is 8.52. The third kappa shape index (κ3) is 58.6. The number of unbranched alkanes of at least 4 members (excludes halogenated alkanes) is 9. The Labute approximate surface area is 190 Å². The van der Waals surface area contributed by atoms with Gasteiger partial charge in [0.15, 0.2) is 0 Å². The van der Waals surface area contributed by atoms with E-state index in [1.54, 1.807) is 0 Å². The zero-order valence-electron chi connectivity index (χ0n) is 13.2. The number of hydrogen-bond donors (Lipinski definition) is 0. The van der Waals surface area contributed by atoms with E-state index in [0.29, 0.717) is 0 Å². The van der Waals surface area contributed by atoms with Gasteiger partial charge in [0.2, 0.25) is 0 Å². The molecule has 0 heterocycles. The van der Waals surface area contributed by atoms with E-state index in [1.165, 1.54) is 57.8 Å². The van der Waals surface area contributed by atoms with Crippen LogP contribution in [-0.4, -0.2) is 55.3 Å². The molecule has 0 fully saturated rings. The van der Waals surface area contributed by atoms with Crippen LogP contribution in [0.15, 0.2) is 0 Å². The van der Waals surface area contributed by atoms with Gasteiger partial charge in [-0.2, -0.15) is 6.42 Å². The van der Waals surface area contributed by atoms with Gasteiger partial charge in [0, 0.05) is 29.9 Å². The van der Waals surface area contributed by atoms with Gasteiger partial charge in [0.25, 0.3) is 0 Å². The molecule has 0 bridgehead atoms. The van der Waals surface area contributed by atoms with Crippen LogP contribution in [0.5, 0.6) is 0 Å². The van der Waals surface area contributed by atoms with Crippen LogP contribution < -0.4 is 29.6 Å². The predicted molar refractivity (Wildman–Crippen MR) is 73.4 cm³/mol. The Hall–Kier alpha value is 2.75. The van der Waals surface area contributed by atoms with Gasteiger partial charge < -0.3 is 16.0 Å². The SMILES string of the molecule is O=S(=O)([O-])[O-].[CH2-]CCCCCCCCCCC.[Ca+2].[Na+].[Zn]. The van der Waals surface area contributed by atoms with Gasteiger partial charge in [0.1, 0.15) is 0 Å². The maximum atomic E-state index is 8.52. The smallest absolute Gasteiger partial charge is 0.759 e. The van der Waals surface area contributed by atoms with Crippen molar-refractivity contribution in [2.45, 2.75) is 71.1 Å². The maximum Gasteiger partial charge on any atom is 2.00 e. The summed E-state index contributed by atoms with van der Waals surface area (Å²) in [5.74, 6) is 0. The van der Waals surface area contributed by atoms with Crippen molar-refractivity contribution >= 4 is 48.1 Å². The quantitative estimate of drug-likeness (QED) is 0.182. The fourth-order valence-electron chi connectivity index (χ4n) is 1.49. The summed E-state index contributed by atoms with van der Waals surface area (Å²) in [5, 5.41) is 0. The van der Waals surface area contributed by atoms with Crippen molar-refractivity contribution in [2.75, 3.05) is 0 Å². The molecule has 0 N–H and O–H groups in total. The molecular weight excluding hydrogens is 369 g/mol. The van der Waals surface area contributed by atoms with Gasteiger partial charge in [-0.05, 0) is 0 Å². The van der Waals surface area contributed by atoms with Crippen LogP contribution in [0, 0.1) is 6.92 Å². The Morgan fingerprint density at radius 2 is 1.10 bits per heavy atom. The first-order valence-electron chi connectivity index (χ1n) is 6.37. The fourth-order valence-corrected chi connectivity index (χ4v) is 1.49. The van der Waals surface area contributed by atoms with Crippen LogP contribution in [0.3, 0.4) is 0 Å². The molecule has 0 atom stereocenters. The zero-order chi connectivity index (χ0) is 13.6. The molecule has 0 spiro atoms. The summed E-state index contributed by atoms with van der Waals surface area (Å²) in [6.07, 6.45) is 13.9. The van der Waals surface area contributed by atoms with Crippen molar-refractivity contribution in [3.8, 4) is 0 Å². The second-order valence-electron chi connectivity index (χ2n) is 4.09. The van der Waals surface area contributed by atoms with Crippen LogP contribution in [0.4, 0.5) is 0 Å². The molecule has 0 aromatic heterocycles. The van der Waals surface area contributed by atoms with Gasteiger partial charge >= 0.3 is 67.3 Å². The summed E-state index contributed by atoms with van der Waals surface area (Å²) in [6, 6.07) is 0. The Bertz CT molecular complexity index is 224. The predicted octanol–water partition coefficient (Wildman–Crippen LogP) is 0.0241. The van der Waals surface area contributed by atoms with E-state index in [9.17, 15) is 0 Å². The van der Waals surface area contributed by atoms with Crippen molar-refractivity contribution in [1.29, 1.82) is 0 Å². The molecule has 20 heavy (non-hydrogen) atoms. The molecule has 8 heteroatoms. The third-order valence-corrected chi connectivity index (χ3v) is 2.35. The summed E-state index contributed by atoms with van der Waals surface area (Å²) in [5.41, 5.74) is 0. The summed E-state index contributed by atoms with van der Waals surface area (Å²) in [6.45, 7) is 6.12. The summed E-state index contributed by atoms with van der Waals surface area (Å²) in [7, 11) is -5.17. The van der Waals surface area contributed by atoms with Crippen LogP contribution in [0.25, 0.3) is 0 Å². The van der Waals surface area contributed by atoms with Gasteiger partial charge in [0.05, 0.1) is 0 Å². The molecule has 0 aromatic carbocycles.